The van der Waals surface area contributed by atoms with E-state index in [1.54, 1.807) is 6.07 Å². The molecule has 0 fully saturated rings. The van der Waals surface area contributed by atoms with Gasteiger partial charge in [-0.05, 0) is 42.2 Å². The third-order valence-electron chi connectivity index (χ3n) is 3.94. The van der Waals surface area contributed by atoms with Gasteiger partial charge in [0.2, 0.25) is 0 Å². The molecule has 3 heteroatoms. The summed E-state index contributed by atoms with van der Waals surface area (Å²) in [6.45, 7) is 4.20. The molecule has 0 saturated carbocycles. The van der Waals surface area contributed by atoms with E-state index in [1.165, 1.54) is 5.56 Å². The van der Waals surface area contributed by atoms with Crippen molar-refractivity contribution in [2.75, 3.05) is 6.61 Å². The molecule has 3 nitrogen and oxygen atoms in total. The van der Waals surface area contributed by atoms with E-state index in [-0.39, 0.29) is 18.7 Å². The molecule has 22 heavy (non-hydrogen) atoms. The molecule has 2 unspecified atom stereocenters. The number of rotatable bonds is 6. The van der Waals surface area contributed by atoms with Crippen LogP contribution in [0, 0.1) is 11.3 Å². The lowest BCUT2D eigenvalue weighted by Gasteiger charge is -2.23. The van der Waals surface area contributed by atoms with Gasteiger partial charge in [0.25, 0.3) is 0 Å². The van der Waals surface area contributed by atoms with Crippen molar-refractivity contribution < 1.29 is 5.11 Å². The SMILES string of the molecule is CCc1ccc(C(CO)NC(C)c2cccc(C#N)c2)cc1. The maximum Gasteiger partial charge on any atom is 0.0991 e. The van der Waals surface area contributed by atoms with Crippen molar-refractivity contribution in [1.82, 2.24) is 5.32 Å². The molecule has 0 aliphatic carbocycles. The standard InChI is InChI=1S/C19H22N2O/c1-3-15-7-9-17(10-8-15)19(13-22)21-14(2)18-6-4-5-16(11-18)12-20/h4-11,14,19,21-22H,3,13H2,1-2H3. The highest BCUT2D eigenvalue weighted by atomic mass is 16.3. The zero-order valence-electron chi connectivity index (χ0n) is 13.1. The van der Waals surface area contributed by atoms with Crippen molar-refractivity contribution in [3.8, 4) is 6.07 Å². The van der Waals surface area contributed by atoms with E-state index in [2.05, 4.69) is 42.6 Å². The minimum absolute atomic E-state index is 0.0355. The summed E-state index contributed by atoms with van der Waals surface area (Å²) in [5, 5.41) is 22.1. The topological polar surface area (TPSA) is 56.0 Å². The van der Waals surface area contributed by atoms with Crippen LogP contribution in [0.5, 0.6) is 0 Å². The summed E-state index contributed by atoms with van der Waals surface area (Å²) in [5.41, 5.74) is 4.06. The Labute approximate surface area is 132 Å². The van der Waals surface area contributed by atoms with Crippen LogP contribution in [0.25, 0.3) is 0 Å². The molecule has 114 valence electrons. The highest BCUT2D eigenvalue weighted by molar-refractivity contribution is 5.34. The first-order chi connectivity index (χ1) is 10.7. The molecule has 0 amide bonds. The Kier molecular flexibility index (Phi) is 5.71. The Morgan fingerprint density at radius 3 is 2.45 bits per heavy atom. The van der Waals surface area contributed by atoms with Crippen molar-refractivity contribution in [3.05, 3.63) is 70.8 Å². The first kappa shape index (κ1) is 16.2. The summed E-state index contributed by atoms with van der Waals surface area (Å²) in [4.78, 5) is 0. The molecule has 2 N–H and O–H groups in total. The molecule has 0 saturated heterocycles. The lowest BCUT2D eigenvalue weighted by atomic mass is 10.0. The Hall–Kier alpha value is -2.15. The van der Waals surface area contributed by atoms with E-state index < -0.39 is 0 Å². The van der Waals surface area contributed by atoms with Crippen LogP contribution in [0.2, 0.25) is 0 Å². The number of nitriles is 1. The van der Waals surface area contributed by atoms with Crippen molar-refractivity contribution in [2.24, 2.45) is 0 Å². The monoisotopic (exact) mass is 294 g/mol. The van der Waals surface area contributed by atoms with Crippen LogP contribution >= 0.6 is 0 Å². The normalized spacial score (nSPS) is 13.4. The Bertz CT molecular complexity index is 643. The third kappa shape index (κ3) is 3.94. The van der Waals surface area contributed by atoms with Crippen LogP contribution in [0.1, 0.15) is 48.2 Å². The van der Waals surface area contributed by atoms with E-state index in [0.717, 1.165) is 17.5 Å². The Morgan fingerprint density at radius 1 is 1.14 bits per heavy atom. The van der Waals surface area contributed by atoms with Gasteiger partial charge in [-0.2, -0.15) is 5.26 Å². The second-order valence-electron chi connectivity index (χ2n) is 5.46. The van der Waals surface area contributed by atoms with Crippen LogP contribution in [-0.4, -0.2) is 11.7 Å². The van der Waals surface area contributed by atoms with Gasteiger partial charge >= 0.3 is 0 Å². The Morgan fingerprint density at radius 2 is 1.86 bits per heavy atom. The highest BCUT2D eigenvalue weighted by Gasteiger charge is 2.15. The summed E-state index contributed by atoms with van der Waals surface area (Å²) in [5.74, 6) is 0. The van der Waals surface area contributed by atoms with Gasteiger partial charge in [-0.3, -0.25) is 0 Å². The second-order valence-corrected chi connectivity index (χ2v) is 5.46. The minimum atomic E-state index is -0.119. The van der Waals surface area contributed by atoms with Crippen LogP contribution in [0.15, 0.2) is 48.5 Å². The van der Waals surface area contributed by atoms with E-state index >= 15 is 0 Å². The third-order valence-corrected chi connectivity index (χ3v) is 3.94. The molecule has 2 rings (SSSR count). The minimum Gasteiger partial charge on any atom is -0.394 e. The van der Waals surface area contributed by atoms with E-state index in [1.807, 2.05) is 25.1 Å². The van der Waals surface area contributed by atoms with Gasteiger partial charge in [0, 0.05) is 6.04 Å². The van der Waals surface area contributed by atoms with Gasteiger partial charge < -0.3 is 10.4 Å². The molecular formula is C19H22N2O. The fraction of sp³-hybridized carbons (Fsp3) is 0.316. The lowest BCUT2D eigenvalue weighted by molar-refractivity contribution is 0.235. The average Bonchev–Trinajstić information content (AvgIpc) is 2.59. The maximum absolute atomic E-state index is 9.69. The molecule has 0 spiro atoms. The Balaban J connectivity index is 2.12. The predicted molar refractivity (Wildman–Crippen MR) is 88.4 cm³/mol. The lowest BCUT2D eigenvalue weighted by Crippen LogP contribution is -2.27. The molecule has 0 heterocycles. The molecule has 2 atom stereocenters. The molecule has 2 aromatic carbocycles. The van der Waals surface area contributed by atoms with Crippen LogP contribution < -0.4 is 5.32 Å². The number of aliphatic hydroxyl groups is 1. The number of hydrogen-bond acceptors (Lipinski definition) is 3. The van der Waals surface area contributed by atoms with E-state index in [4.69, 9.17) is 5.26 Å². The zero-order chi connectivity index (χ0) is 15.9. The molecule has 0 aliphatic rings. The molecule has 2 aromatic rings. The summed E-state index contributed by atoms with van der Waals surface area (Å²) >= 11 is 0. The average molecular weight is 294 g/mol. The van der Waals surface area contributed by atoms with E-state index in [9.17, 15) is 5.11 Å². The summed E-state index contributed by atoms with van der Waals surface area (Å²) in [7, 11) is 0. The number of nitrogens with one attached hydrogen (secondary N) is 1. The highest BCUT2D eigenvalue weighted by Crippen LogP contribution is 2.20. The zero-order valence-corrected chi connectivity index (χ0v) is 13.1. The summed E-state index contributed by atoms with van der Waals surface area (Å²) in [6, 6.07) is 18.0. The molecular weight excluding hydrogens is 272 g/mol. The first-order valence-corrected chi connectivity index (χ1v) is 7.63. The van der Waals surface area contributed by atoms with Crippen LogP contribution in [-0.2, 0) is 6.42 Å². The fourth-order valence-electron chi connectivity index (χ4n) is 2.52. The number of benzene rings is 2. The predicted octanol–water partition coefficient (Wildman–Crippen LogP) is 3.50. The van der Waals surface area contributed by atoms with E-state index in [0.29, 0.717) is 5.56 Å². The maximum atomic E-state index is 9.69. The van der Waals surface area contributed by atoms with Gasteiger partial charge in [-0.25, -0.2) is 0 Å². The van der Waals surface area contributed by atoms with Gasteiger partial charge in [0.05, 0.1) is 24.3 Å². The quantitative estimate of drug-likeness (QED) is 0.857. The fourth-order valence-corrected chi connectivity index (χ4v) is 2.52. The van der Waals surface area contributed by atoms with Crippen molar-refractivity contribution in [2.45, 2.75) is 32.4 Å². The largest absolute Gasteiger partial charge is 0.394 e. The molecule has 0 radical (unpaired) electrons. The van der Waals surface area contributed by atoms with Gasteiger partial charge in [-0.1, -0.05) is 43.3 Å². The van der Waals surface area contributed by atoms with Crippen molar-refractivity contribution in [1.29, 1.82) is 5.26 Å². The van der Waals surface area contributed by atoms with Gasteiger partial charge in [0.15, 0.2) is 0 Å². The second kappa shape index (κ2) is 7.74. The van der Waals surface area contributed by atoms with Crippen molar-refractivity contribution in [3.63, 3.8) is 0 Å². The summed E-state index contributed by atoms with van der Waals surface area (Å²) in [6.07, 6.45) is 1.01. The van der Waals surface area contributed by atoms with Crippen LogP contribution in [0.3, 0.4) is 0 Å². The van der Waals surface area contributed by atoms with Gasteiger partial charge in [-0.15, -0.1) is 0 Å². The molecule has 0 aliphatic heterocycles. The number of nitrogens with zero attached hydrogens (tertiary/aromatic N) is 1. The number of aliphatic hydroxyl groups excluding tert-OH is 1. The number of aryl methyl sites for hydroxylation is 1. The van der Waals surface area contributed by atoms with Crippen molar-refractivity contribution >= 4 is 0 Å². The summed E-state index contributed by atoms with van der Waals surface area (Å²) < 4.78 is 0. The number of hydrogen-bond donors (Lipinski definition) is 2. The van der Waals surface area contributed by atoms with Crippen LogP contribution in [0.4, 0.5) is 0 Å². The first-order valence-electron chi connectivity index (χ1n) is 7.63. The smallest absolute Gasteiger partial charge is 0.0991 e. The molecule has 0 bridgehead atoms. The molecule has 0 aromatic heterocycles. The van der Waals surface area contributed by atoms with Gasteiger partial charge in [0.1, 0.15) is 0 Å².